The van der Waals surface area contributed by atoms with Gasteiger partial charge in [-0.25, -0.2) is 0 Å². The van der Waals surface area contributed by atoms with Crippen LogP contribution in [0.5, 0.6) is 0 Å². The molecular formula is C12H18BrN2OS+. The molecule has 0 unspecified atom stereocenters. The molecule has 0 aliphatic heterocycles. The summed E-state index contributed by atoms with van der Waals surface area (Å²) in [4.78, 5) is 0. The Bertz CT molecular complexity index is 384. The third-order valence-corrected chi connectivity index (χ3v) is 3.69. The molecule has 0 aliphatic rings. The summed E-state index contributed by atoms with van der Waals surface area (Å²) in [6.07, 6.45) is 0. The molecule has 0 fully saturated rings. The molecule has 5 heteroatoms. The summed E-state index contributed by atoms with van der Waals surface area (Å²) >= 11 is 4.96. The second kappa shape index (κ2) is 6.42. The SMILES string of the molecule is C[N+](C)(C)CCS/C(=N/O)c1ccc(Br)cc1. The van der Waals surface area contributed by atoms with Gasteiger partial charge in [0, 0.05) is 15.8 Å². The van der Waals surface area contributed by atoms with Crippen LogP contribution in [0.2, 0.25) is 0 Å². The summed E-state index contributed by atoms with van der Waals surface area (Å²) in [5, 5.41) is 13.1. The van der Waals surface area contributed by atoms with E-state index < -0.39 is 0 Å². The van der Waals surface area contributed by atoms with Crippen molar-refractivity contribution in [2.24, 2.45) is 5.16 Å². The summed E-state index contributed by atoms with van der Waals surface area (Å²) in [6.45, 7) is 1.03. The molecule has 3 nitrogen and oxygen atoms in total. The molecule has 1 aromatic carbocycles. The van der Waals surface area contributed by atoms with Gasteiger partial charge in [0.15, 0.2) is 0 Å². The fourth-order valence-electron chi connectivity index (χ4n) is 1.18. The van der Waals surface area contributed by atoms with E-state index >= 15 is 0 Å². The zero-order valence-electron chi connectivity index (χ0n) is 10.4. The third kappa shape index (κ3) is 5.57. The standard InChI is InChI=1S/C12H17BrN2OS/c1-15(2,3)8-9-17-12(14-16)10-4-6-11(13)7-5-10/h4-7H,8-9H2,1-3H3/p+1/b14-12+. The predicted molar refractivity (Wildman–Crippen MR) is 77.8 cm³/mol. The maximum atomic E-state index is 9.03. The van der Waals surface area contributed by atoms with E-state index in [4.69, 9.17) is 5.21 Å². The van der Waals surface area contributed by atoms with Gasteiger partial charge in [0.2, 0.25) is 0 Å². The molecule has 0 bridgehead atoms. The Hall–Kier alpha value is -0.520. The number of halogens is 1. The summed E-state index contributed by atoms with van der Waals surface area (Å²) in [7, 11) is 6.45. The van der Waals surface area contributed by atoms with Gasteiger partial charge in [0.1, 0.15) is 5.04 Å². The van der Waals surface area contributed by atoms with Crippen molar-refractivity contribution in [2.75, 3.05) is 33.4 Å². The first-order valence-electron chi connectivity index (χ1n) is 5.33. The first kappa shape index (κ1) is 14.5. The maximum Gasteiger partial charge on any atom is 0.143 e. The Kier molecular flexibility index (Phi) is 5.49. The van der Waals surface area contributed by atoms with Gasteiger partial charge < -0.3 is 9.69 Å². The van der Waals surface area contributed by atoms with Crippen LogP contribution in [0.3, 0.4) is 0 Å². The zero-order chi connectivity index (χ0) is 12.9. The van der Waals surface area contributed by atoms with Crippen LogP contribution in [0.25, 0.3) is 0 Å². The minimum Gasteiger partial charge on any atom is -0.410 e. The molecule has 1 rings (SSSR count). The van der Waals surface area contributed by atoms with E-state index in [2.05, 4.69) is 42.2 Å². The van der Waals surface area contributed by atoms with E-state index in [9.17, 15) is 0 Å². The lowest BCUT2D eigenvalue weighted by Gasteiger charge is -2.23. The van der Waals surface area contributed by atoms with Crippen LogP contribution in [-0.2, 0) is 0 Å². The van der Waals surface area contributed by atoms with Crippen molar-refractivity contribution < 1.29 is 9.69 Å². The van der Waals surface area contributed by atoms with E-state index in [0.717, 1.165) is 26.8 Å². The molecule has 0 amide bonds. The van der Waals surface area contributed by atoms with Crippen molar-refractivity contribution in [1.29, 1.82) is 0 Å². The zero-order valence-corrected chi connectivity index (χ0v) is 12.8. The molecule has 0 spiro atoms. The summed E-state index contributed by atoms with van der Waals surface area (Å²) in [6, 6.07) is 7.78. The molecule has 0 saturated carbocycles. The van der Waals surface area contributed by atoms with Gasteiger partial charge in [-0.05, 0) is 12.1 Å². The quantitative estimate of drug-likeness (QED) is 0.304. The van der Waals surface area contributed by atoms with Crippen LogP contribution in [0.15, 0.2) is 33.9 Å². The first-order valence-corrected chi connectivity index (χ1v) is 7.11. The molecule has 1 aromatic rings. The van der Waals surface area contributed by atoms with Crippen LogP contribution < -0.4 is 0 Å². The number of oxime groups is 1. The monoisotopic (exact) mass is 317 g/mol. The number of quaternary nitrogens is 1. The molecule has 94 valence electrons. The minimum atomic E-state index is 0.672. The number of rotatable bonds is 4. The van der Waals surface area contributed by atoms with Gasteiger partial charge in [-0.1, -0.05) is 45.0 Å². The van der Waals surface area contributed by atoms with Gasteiger partial charge in [-0.3, -0.25) is 0 Å². The average molecular weight is 318 g/mol. The van der Waals surface area contributed by atoms with E-state index in [1.165, 1.54) is 0 Å². The molecule has 0 saturated heterocycles. The van der Waals surface area contributed by atoms with Crippen LogP contribution in [0.1, 0.15) is 5.56 Å². The van der Waals surface area contributed by atoms with Crippen molar-refractivity contribution in [3.05, 3.63) is 34.3 Å². The predicted octanol–water partition coefficient (Wildman–Crippen LogP) is 3.02. The lowest BCUT2D eigenvalue weighted by molar-refractivity contribution is -0.867. The number of hydrogen-bond acceptors (Lipinski definition) is 3. The highest BCUT2D eigenvalue weighted by molar-refractivity contribution is 9.10. The van der Waals surface area contributed by atoms with Crippen molar-refractivity contribution in [3.63, 3.8) is 0 Å². The van der Waals surface area contributed by atoms with Crippen molar-refractivity contribution in [1.82, 2.24) is 0 Å². The van der Waals surface area contributed by atoms with Gasteiger partial charge in [0.05, 0.1) is 27.7 Å². The van der Waals surface area contributed by atoms with Crippen molar-refractivity contribution >= 4 is 32.7 Å². The number of thioether (sulfide) groups is 1. The van der Waals surface area contributed by atoms with E-state index in [-0.39, 0.29) is 0 Å². The van der Waals surface area contributed by atoms with E-state index in [0.29, 0.717) is 5.04 Å². The third-order valence-electron chi connectivity index (χ3n) is 2.18. The Morgan fingerprint density at radius 3 is 2.35 bits per heavy atom. The largest absolute Gasteiger partial charge is 0.410 e. The highest BCUT2D eigenvalue weighted by Crippen LogP contribution is 2.17. The number of nitrogens with zero attached hydrogens (tertiary/aromatic N) is 2. The molecule has 1 N–H and O–H groups in total. The Morgan fingerprint density at radius 1 is 1.29 bits per heavy atom. The summed E-state index contributed by atoms with van der Waals surface area (Å²) < 4.78 is 1.93. The number of benzene rings is 1. The van der Waals surface area contributed by atoms with Crippen molar-refractivity contribution in [2.45, 2.75) is 0 Å². The fraction of sp³-hybridized carbons (Fsp3) is 0.417. The van der Waals surface area contributed by atoms with E-state index in [1.807, 2.05) is 24.3 Å². The van der Waals surface area contributed by atoms with Crippen LogP contribution in [-0.4, -0.2) is 48.2 Å². The topological polar surface area (TPSA) is 32.6 Å². The maximum absolute atomic E-state index is 9.03. The second-order valence-electron chi connectivity index (χ2n) is 4.77. The molecule has 0 atom stereocenters. The van der Waals surface area contributed by atoms with Gasteiger partial charge in [0.25, 0.3) is 0 Å². The normalized spacial score (nSPS) is 12.8. The molecule has 0 radical (unpaired) electrons. The van der Waals surface area contributed by atoms with Gasteiger partial charge in [-0.15, -0.1) is 0 Å². The number of hydrogen-bond donors (Lipinski definition) is 1. The summed E-state index contributed by atoms with van der Waals surface area (Å²) in [5.41, 5.74) is 0.946. The minimum absolute atomic E-state index is 0.672. The molecule has 0 aliphatic carbocycles. The second-order valence-corrected chi connectivity index (χ2v) is 6.77. The Morgan fingerprint density at radius 2 is 1.88 bits per heavy atom. The Labute approximate surface area is 115 Å². The van der Waals surface area contributed by atoms with Gasteiger partial charge in [-0.2, -0.15) is 0 Å². The summed E-state index contributed by atoms with van der Waals surface area (Å²) in [5.74, 6) is 0.930. The molecule has 0 aromatic heterocycles. The fourth-order valence-corrected chi connectivity index (χ4v) is 2.64. The highest BCUT2D eigenvalue weighted by Gasteiger charge is 2.10. The van der Waals surface area contributed by atoms with Gasteiger partial charge >= 0.3 is 0 Å². The molecule has 17 heavy (non-hydrogen) atoms. The van der Waals surface area contributed by atoms with Crippen molar-refractivity contribution in [3.8, 4) is 0 Å². The molecule has 0 heterocycles. The van der Waals surface area contributed by atoms with Crippen LogP contribution >= 0.6 is 27.7 Å². The highest BCUT2D eigenvalue weighted by atomic mass is 79.9. The van der Waals surface area contributed by atoms with E-state index in [1.54, 1.807) is 11.8 Å². The smallest absolute Gasteiger partial charge is 0.143 e. The van der Waals surface area contributed by atoms with Crippen LogP contribution in [0, 0.1) is 0 Å². The lowest BCUT2D eigenvalue weighted by Crippen LogP contribution is -2.36. The van der Waals surface area contributed by atoms with Crippen LogP contribution in [0.4, 0.5) is 0 Å². The Balaban J connectivity index is 2.58. The average Bonchev–Trinajstić information content (AvgIpc) is 2.24. The molecular weight excluding hydrogens is 300 g/mol. The first-order chi connectivity index (χ1) is 7.92. The lowest BCUT2D eigenvalue weighted by atomic mass is 10.2.